The molecule has 0 aliphatic carbocycles. The Morgan fingerprint density at radius 3 is 2.39 bits per heavy atom. The lowest BCUT2D eigenvalue weighted by Crippen LogP contribution is -2.31. The Morgan fingerprint density at radius 1 is 1.03 bits per heavy atom. The van der Waals surface area contributed by atoms with Crippen LogP contribution in [0, 0.1) is 13.8 Å². The summed E-state index contributed by atoms with van der Waals surface area (Å²) in [7, 11) is -2.96. The van der Waals surface area contributed by atoms with E-state index < -0.39 is 15.9 Å². The van der Waals surface area contributed by atoms with Crippen molar-refractivity contribution >= 4 is 15.9 Å². The molecule has 3 aromatic rings. The third-order valence-electron chi connectivity index (χ3n) is 4.86. The van der Waals surface area contributed by atoms with Gasteiger partial charge in [0.1, 0.15) is 16.2 Å². The van der Waals surface area contributed by atoms with Crippen LogP contribution in [0.2, 0.25) is 0 Å². The van der Waals surface area contributed by atoms with Gasteiger partial charge in [0, 0.05) is 17.3 Å². The zero-order valence-electron chi connectivity index (χ0n) is 19.5. The maximum Gasteiger partial charge on any atom is 0.270 e. The van der Waals surface area contributed by atoms with Crippen molar-refractivity contribution in [3.63, 3.8) is 0 Å². The Hall–Kier alpha value is -3.46. The van der Waals surface area contributed by atoms with Crippen molar-refractivity contribution < 1.29 is 22.7 Å². The van der Waals surface area contributed by atoms with Crippen molar-refractivity contribution in [1.82, 2.24) is 14.7 Å². The monoisotopic (exact) mass is 469 g/mol. The summed E-state index contributed by atoms with van der Waals surface area (Å²) in [6, 6.07) is 11.6. The molecule has 2 aromatic heterocycles. The van der Waals surface area contributed by atoms with E-state index in [1.165, 1.54) is 31.5 Å². The van der Waals surface area contributed by atoms with Gasteiger partial charge in [-0.05, 0) is 49.7 Å². The number of rotatable bonds is 6. The fraction of sp³-hybridized carbons (Fsp3) is 0.292. The molecule has 33 heavy (non-hydrogen) atoms. The molecule has 3 rings (SSSR count). The van der Waals surface area contributed by atoms with E-state index in [4.69, 9.17) is 9.47 Å². The van der Waals surface area contributed by atoms with Gasteiger partial charge in [-0.25, -0.2) is 23.1 Å². The van der Waals surface area contributed by atoms with Crippen LogP contribution >= 0.6 is 0 Å². The first-order valence-corrected chi connectivity index (χ1v) is 11.7. The first kappa shape index (κ1) is 24.2. The van der Waals surface area contributed by atoms with E-state index in [1.807, 2.05) is 46.8 Å². The molecular formula is C24H27N3O5S. The Labute approximate surface area is 194 Å². The zero-order chi connectivity index (χ0) is 24.4. The van der Waals surface area contributed by atoms with Crippen LogP contribution in [-0.4, -0.2) is 31.4 Å². The molecule has 0 spiro atoms. The van der Waals surface area contributed by atoms with Crippen LogP contribution in [0.25, 0.3) is 0 Å². The normalized spacial score (nSPS) is 11.7. The highest BCUT2D eigenvalue weighted by Gasteiger charge is 2.27. The first-order chi connectivity index (χ1) is 15.4. The van der Waals surface area contributed by atoms with Crippen LogP contribution in [0.4, 0.5) is 0 Å². The maximum atomic E-state index is 13.1. The van der Waals surface area contributed by atoms with E-state index in [-0.39, 0.29) is 27.6 Å². The van der Waals surface area contributed by atoms with E-state index in [2.05, 4.69) is 14.7 Å². The topological polar surface area (TPSA) is 107 Å². The number of amides is 1. The highest BCUT2D eigenvalue weighted by Crippen LogP contribution is 2.31. The second-order valence-corrected chi connectivity index (χ2v) is 10.3. The minimum atomic E-state index is -4.26. The van der Waals surface area contributed by atoms with Gasteiger partial charge in [-0.15, -0.1) is 0 Å². The number of nitrogens with one attached hydrogen (secondary N) is 1. The molecule has 1 aromatic carbocycles. The number of carbonyl (C=O) groups excluding carboxylic acids is 1. The van der Waals surface area contributed by atoms with Gasteiger partial charge < -0.3 is 9.47 Å². The second kappa shape index (κ2) is 9.19. The molecule has 0 saturated heterocycles. The third-order valence-corrected chi connectivity index (χ3v) is 6.20. The van der Waals surface area contributed by atoms with E-state index in [1.54, 1.807) is 12.1 Å². The molecule has 174 valence electrons. The molecule has 0 radical (unpaired) electrons. The number of pyridine rings is 2. The molecule has 0 saturated carbocycles. The first-order valence-electron chi connectivity index (χ1n) is 10.2. The Kier molecular flexibility index (Phi) is 6.73. The van der Waals surface area contributed by atoms with Crippen LogP contribution in [0.3, 0.4) is 0 Å². The van der Waals surface area contributed by atoms with Crippen molar-refractivity contribution in [2.45, 2.75) is 44.9 Å². The number of benzene rings is 1. The smallest absolute Gasteiger partial charge is 0.270 e. The number of methoxy groups -OCH3 is 1. The SMILES string of the molecule is COc1ncccc1S(=O)(=O)NC(=O)c1ccc(C(C)(C)C)nc1Oc1ccc(C)cc1C. The lowest BCUT2D eigenvalue weighted by atomic mass is 9.91. The van der Waals surface area contributed by atoms with Crippen LogP contribution in [-0.2, 0) is 15.4 Å². The Balaban J connectivity index is 2.03. The molecular weight excluding hydrogens is 442 g/mol. The average molecular weight is 470 g/mol. The summed E-state index contributed by atoms with van der Waals surface area (Å²) in [5.74, 6) is -0.468. The standard InChI is InChI=1S/C24H27N3O5S/c1-15-9-11-18(16(2)14-15)32-22-17(10-12-20(26-22)24(3,4)5)21(28)27-33(29,30)19-8-7-13-25-23(19)31-6/h7-14H,1-6H3,(H,27,28). The van der Waals surface area contributed by atoms with Crippen molar-refractivity contribution in [2.75, 3.05) is 7.11 Å². The van der Waals surface area contributed by atoms with Crippen molar-refractivity contribution in [2.24, 2.45) is 0 Å². The molecule has 0 bridgehead atoms. The molecule has 0 atom stereocenters. The van der Waals surface area contributed by atoms with E-state index in [0.717, 1.165) is 11.1 Å². The van der Waals surface area contributed by atoms with Gasteiger partial charge in [-0.3, -0.25) is 4.79 Å². The molecule has 1 N–H and O–H groups in total. The van der Waals surface area contributed by atoms with E-state index in [9.17, 15) is 13.2 Å². The second-order valence-electron chi connectivity index (χ2n) is 8.62. The Bertz CT molecular complexity index is 1300. The lowest BCUT2D eigenvalue weighted by Gasteiger charge is -2.20. The summed E-state index contributed by atoms with van der Waals surface area (Å²) in [6.07, 6.45) is 1.39. The predicted octanol–water partition coefficient (Wildman–Crippen LogP) is 4.31. The highest BCUT2D eigenvalue weighted by molar-refractivity contribution is 7.90. The fourth-order valence-electron chi connectivity index (χ4n) is 3.09. The number of aryl methyl sites for hydroxylation is 2. The van der Waals surface area contributed by atoms with Crippen molar-refractivity contribution in [3.05, 3.63) is 71.0 Å². The molecule has 0 aliphatic rings. The number of aromatic nitrogens is 2. The van der Waals surface area contributed by atoms with Crippen LogP contribution in [0.15, 0.2) is 53.6 Å². The quantitative estimate of drug-likeness (QED) is 0.573. The molecule has 0 fully saturated rings. The number of sulfonamides is 1. The molecule has 1 amide bonds. The lowest BCUT2D eigenvalue weighted by molar-refractivity contribution is 0.0978. The summed E-state index contributed by atoms with van der Waals surface area (Å²) < 4.78 is 38.8. The summed E-state index contributed by atoms with van der Waals surface area (Å²) in [5, 5.41) is 0. The van der Waals surface area contributed by atoms with Crippen LogP contribution < -0.4 is 14.2 Å². The Morgan fingerprint density at radius 2 is 1.76 bits per heavy atom. The zero-order valence-corrected chi connectivity index (χ0v) is 20.3. The summed E-state index contributed by atoms with van der Waals surface area (Å²) >= 11 is 0. The predicted molar refractivity (Wildman–Crippen MR) is 124 cm³/mol. The van der Waals surface area contributed by atoms with Gasteiger partial charge in [-0.1, -0.05) is 38.5 Å². The summed E-state index contributed by atoms with van der Waals surface area (Å²) in [4.78, 5) is 21.2. The van der Waals surface area contributed by atoms with Gasteiger partial charge in [0.05, 0.1) is 7.11 Å². The number of hydrogen-bond acceptors (Lipinski definition) is 7. The number of ether oxygens (including phenoxy) is 2. The summed E-state index contributed by atoms with van der Waals surface area (Å²) in [6.45, 7) is 9.79. The molecule has 2 heterocycles. The molecule has 0 aliphatic heterocycles. The van der Waals surface area contributed by atoms with Gasteiger partial charge in [0.2, 0.25) is 11.8 Å². The number of carbonyl (C=O) groups is 1. The molecule has 0 unspecified atom stereocenters. The minimum absolute atomic E-state index is 0.0141. The summed E-state index contributed by atoms with van der Waals surface area (Å²) in [5.41, 5.74) is 2.28. The van der Waals surface area contributed by atoms with Crippen molar-refractivity contribution in [1.29, 1.82) is 0 Å². The third kappa shape index (κ3) is 5.48. The largest absolute Gasteiger partial charge is 0.480 e. The van der Waals surface area contributed by atoms with Gasteiger partial charge >= 0.3 is 0 Å². The number of nitrogens with zero attached hydrogens (tertiary/aromatic N) is 2. The van der Waals surface area contributed by atoms with E-state index >= 15 is 0 Å². The molecule has 8 nitrogen and oxygen atoms in total. The van der Waals surface area contributed by atoms with Crippen LogP contribution in [0.1, 0.15) is 48.0 Å². The minimum Gasteiger partial charge on any atom is -0.480 e. The van der Waals surface area contributed by atoms with Crippen LogP contribution in [0.5, 0.6) is 17.5 Å². The van der Waals surface area contributed by atoms with Gasteiger partial charge in [0.25, 0.3) is 15.9 Å². The average Bonchev–Trinajstić information content (AvgIpc) is 2.74. The fourth-order valence-corrected chi connectivity index (χ4v) is 4.18. The van der Waals surface area contributed by atoms with Gasteiger partial charge in [0.15, 0.2) is 0 Å². The van der Waals surface area contributed by atoms with Crippen molar-refractivity contribution in [3.8, 4) is 17.5 Å². The number of hydrogen-bond donors (Lipinski definition) is 1. The molecule has 9 heteroatoms. The maximum absolute atomic E-state index is 13.1. The van der Waals surface area contributed by atoms with E-state index in [0.29, 0.717) is 11.4 Å². The van der Waals surface area contributed by atoms with Gasteiger partial charge in [-0.2, -0.15) is 0 Å². The highest BCUT2D eigenvalue weighted by atomic mass is 32.2.